The molecule has 1 amide bonds. The minimum absolute atomic E-state index is 0.401. The Hall–Kier alpha value is -1.92. The number of aromatic nitrogens is 2. The maximum atomic E-state index is 11.1. The lowest BCUT2D eigenvalue weighted by atomic mass is 10.1. The van der Waals surface area contributed by atoms with Gasteiger partial charge in [0.25, 0.3) is 0 Å². The second-order valence-corrected chi connectivity index (χ2v) is 7.56. The summed E-state index contributed by atoms with van der Waals surface area (Å²) in [5.41, 5.74) is 8.19. The minimum atomic E-state index is -0.401. The van der Waals surface area contributed by atoms with E-state index in [1.54, 1.807) is 35.2 Å². The highest BCUT2D eigenvalue weighted by atomic mass is 32.2. The van der Waals surface area contributed by atoms with Gasteiger partial charge in [-0.15, -0.1) is 23.1 Å². The van der Waals surface area contributed by atoms with Crippen LogP contribution in [-0.2, 0) is 5.75 Å². The SMILES string of the molecule is Cc1nc(SCc2ccc(C(N)=O)cc2)c2c(C)c(C)sc2n1. The maximum absolute atomic E-state index is 11.1. The first-order chi connectivity index (χ1) is 11.0. The van der Waals surface area contributed by atoms with E-state index in [-0.39, 0.29) is 0 Å². The fraction of sp³-hybridized carbons (Fsp3) is 0.235. The number of hydrogen-bond acceptors (Lipinski definition) is 5. The van der Waals surface area contributed by atoms with E-state index in [1.807, 2.05) is 19.1 Å². The van der Waals surface area contributed by atoms with Crippen LogP contribution in [-0.4, -0.2) is 15.9 Å². The lowest BCUT2D eigenvalue weighted by molar-refractivity contribution is 0.100. The first-order valence-electron chi connectivity index (χ1n) is 7.21. The molecule has 2 N–H and O–H groups in total. The van der Waals surface area contributed by atoms with E-state index < -0.39 is 5.91 Å². The van der Waals surface area contributed by atoms with Crippen LogP contribution in [0.4, 0.5) is 0 Å². The molecule has 0 saturated heterocycles. The first-order valence-corrected chi connectivity index (χ1v) is 9.02. The number of benzene rings is 1. The Morgan fingerprint density at radius 2 is 1.87 bits per heavy atom. The predicted octanol–water partition coefficient (Wildman–Crippen LogP) is 4.01. The molecule has 0 fully saturated rings. The zero-order valence-electron chi connectivity index (χ0n) is 13.2. The number of thioether (sulfide) groups is 1. The van der Waals surface area contributed by atoms with Crippen molar-refractivity contribution in [3.05, 3.63) is 51.7 Å². The molecule has 23 heavy (non-hydrogen) atoms. The fourth-order valence-electron chi connectivity index (χ4n) is 2.34. The molecule has 0 spiro atoms. The van der Waals surface area contributed by atoms with Crippen LogP contribution in [0, 0.1) is 20.8 Å². The van der Waals surface area contributed by atoms with Crippen LogP contribution < -0.4 is 5.73 Å². The van der Waals surface area contributed by atoms with Crippen LogP contribution in [0.25, 0.3) is 10.2 Å². The molecular formula is C17H17N3OS2. The monoisotopic (exact) mass is 343 g/mol. The number of fused-ring (bicyclic) bond motifs is 1. The second kappa shape index (κ2) is 6.29. The maximum Gasteiger partial charge on any atom is 0.248 e. The van der Waals surface area contributed by atoms with Gasteiger partial charge in [-0.2, -0.15) is 0 Å². The minimum Gasteiger partial charge on any atom is -0.366 e. The molecule has 0 aliphatic carbocycles. The van der Waals surface area contributed by atoms with Crippen LogP contribution in [0.15, 0.2) is 29.3 Å². The third-order valence-corrected chi connectivity index (χ3v) is 5.87. The van der Waals surface area contributed by atoms with Gasteiger partial charge in [0.1, 0.15) is 15.7 Å². The Morgan fingerprint density at radius 1 is 1.17 bits per heavy atom. The van der Waals surface area contributed by atoms with Crippen molar-refractivity contribution in [3.8, 4) is 0 Å². The van der Waals surface area contributed by atoms with Gasteiger partial charge in [0, 0.05) is 21.6 Å². The molecule has 3 rings (SSSR count). The van der Waals surface area contributed by atoms with E-state index in [4.69, 9.17) is 5.73 Å². The van der Waals surface area contributed by atoms with Crippen LogP contribution in [0.5, 0.6) is 0 Å². The molecular weight excluding hydrogens is 326 g/mol. The van der Waals surface area contributed by atoms with Gasteiger partial charge in [0.2, 0.25) is 5.91 Å². The quantitative estimate of drug-likeness (QED) is 0.574. The van der Waals surface area contributed by atoms with Gasteiger partial charge < -0.3 is 5.73 Å². The van der Waals surface area contributed by atoms with Crippen molar-refractivity contribution in [1.29, 1.82) is 0 Å². The van der Waals surface area contributed by atoms with Gasteiger partial charge in [-0.25, -0.2) is 9.97 Å². The van der Waals surface area contributed by atoms with Crippen molar-refractivity contribution in [2.45, 2.75) is 31.6 Å². The molecule has 0 atom stereocenters. The second-order valence-electron chi connectivity index (χ2n) is 5.39. The van der Waals surface area contributed by atoms with Crippen molar-refractivity contribution >= 4 is 39.2 Å². The number of primary amides is 1. The largest absolute Gasteiger partial charge is 0.366 e. The third kappa shape index (κ3) is 3.23. The van der Waals surface area contributed by atoms with Crippen LogP contribution >= 0.6 is 23.1 Å². The Labute approximate surface area is 143 Å². The summed E-state index contributed by atoms with van der Waals surface area (Å²) < 4.78 is 0. The molecule has 4 nitrogen and oxygen atoms in total. The molecule has 6 heteroatoms. The van der Waals surface area contributed by atoms with Gasteiger partial charge >= 0.3 is 0 Å². The Morgan fingerprint density at radius 3 is 2.52 bits per heavy atom. The Balaban J connectivity index is 1.88. The zero-order chi connectivity index (χ0) is 16.6. The number of nitrogens with two attached hydrogens (primary N) is 1. The summed E-state index contributed by atoms with van der Waals surface area (Å²) >= 11 is 3.42. The number of amides is 1. The Bertz CT molecular complexity index is 885. The summed E-state index contributed by atoms with van der Waals surface area (Å²) in [5.74, 6) is 1.19. The number of aryl methyl sites for hydroxylation is 3. The van der Waals surface area contributed by atoms with Crippen molar-refractivity contribution in [2.75, 3.05) is 0 Å². The smallest absolute Gasteiger partial charge is 0.248 e. The number of rotatable bonds is 4. The summed E-state index contributed by atoms with van der Waals surface area (Å²) in [6.07, 6.45) is 0. The van der Waals surface area contributed by atoms with E-state index in [9.17, 15) is 4.79 Å². The summed E-state index contributed by atoms with van der Waals surface area (Å²) in [4.78, 5) is 22.6. The zero-order valence-corrected chi connectivity index (χ0v) is 14.8. The van der Waals surface area contributed by atoms with E-state index in [2.05, 4.69) is 23.8 Å². The molecule has 2 aromatic heterocycles. The molecule has 3 aromatic rings. The molecule has 0 aliphatic heterocycles. The summed E-state index contributed by atoms with van der Waals surface area (Å²) in [6.45, 7) is 6.17. The van der Waals surface area contributed by atoms with Crippen molar-refractivity contribution < 1.29 is 4.79 Å². The topological polar surface area (TPSA) is 68.9 Å². The number of hydrogen-bond donors (Lipinski definition) is 1. The highest BCUT2D eigenvalue weighted by Gasteiger charge is 2.14. The summed E-state index contributed by atoms with van der Waals surface area (Å²) in [6, 6.07) is 7.40. The lowest BCUT2D eigenvalue weighted by Gasteiger charge is -2.06. The summed E-state index contributed by atoms with van der Waals surface area (Å²) in [7, 11) is 0. The standard InChI is InChI=1S/C17H17N3OS2/c1-9-10(2)23-17-14(9)16(19-11(3)20-17)22-8-12-4-6-13(7-5-12)15(18)21/h4-7H,8H2,1-3H3,(H2,18,21). The highest BCUT2D eigenvalue weighted by molar-refractivity contribution is 7.98. The van der Waals surface area contributed by atoms with Gasteiger partial charge in [0.05, 0.1) is 0 Å². The summed E-state index contributed by atoms with van der Waals surface area (Å²) in [5, 5.41) is 2.19. The van der Waals surface area contributed by atoms with Crippen molar-refractivity contribution in [2.24, 2.45) is 5.73 Å². The number of carbonyl (C=O) groups excluding carboxylic acids is 1. The lowest BCUT2D eigenvalue weighted by Crippen LogP contribution is -2.10. The normalized spacial score (nSPS) is 11.1. The molecule has 2 heterocycles. The Kier molecular flexibility index (Phi) is 4.37. The molecule has 0 unspecified atom stereocenters. The number of carbonyl (C=O) groups is 1. The van der Waals surface area contributed by atoms with Gasteiger partial charge in [-0.3, -0.25) is 4.79 Å². The number of thiophene rings is 1. The van der Waals surface area contributed by atoms with E-state index >= 15 is 0 Å². The fourth-order valence-corrected chi connectivity index (χ4v) is 4.56. The first kappa shape index (κ1) is 16.0. The molecule has 0 aliphatic rings. The molecule has 0 radical (unpaired) electrons. The van der Waals surface area contributed by atoms with Crippen molar-refractivity contribution in [1.82, 2.24) is 9.97 Å². The molecule has 118 valence electrons. The predicted molar refractivity (Wildman–Crippen MR) is 96.1 cm³/mol. The molecule has 0 saturated carbocycles. The van der Waals surface area contributed by atoms with Crippen LogP contribution in [0.1, 0.15) is 32.2 Å². The molecule has 0 bridgehead atoms. The highest BCUT2D eigenvalue weighted by Crippen LogP contribution is 2.36. The average molecular weight is 343 g/mol. The third-order valence-electron chi connectivity index (χ3n) is 3.72. The van der Waals surface area contributed by atoms with E-state index in [0.717, 1.165) is 32.4 Å². The van der Waals surface area contributed by atoms with Crippen LogP contribution in [0.2, 0.25) is 0 Å². The van der Waals surface area contributed by atoms with E-state index in [1.165, 1.54) is 10.4 Å². The van der Waals surface area contributed by atoms with Gasteiger partial charge in [0.15, 0.2) is 0 Å². The van der Waals surface area contributed by atoms with Crippen molar-refractivity contribution in [3.63, 3.8) is 0 Å². The van der Waals surface area contributed by atoms with E-state index in [0.29, 0.717) is 5.56 Å². The van der Waals surface area contributed by atoms with Gasteiger partial charge in [-0.05, 0) is 44.0 Å². The van der Waals surface area contributed by atoms with Gasteiger partial charge in [-0.1, -0.05) is 12.1 Å². The number of nitrogens with zero attached hydrogens (tertiary/aromatic N) is 2. The molecule has 1 aromatic carbocycles. The average Bonchev–Trinajstić information content (AvgIpc) is 2.79. The van der Waals surface area contributed by atoms with Crippen LogP contribution in [0.3, 0.4) is 0 Å².